The van der Waals surface area contributed by atoms with Crippen molar-refractivity contribution in [1.82, 2.24) is 10.2 Å². The Morgan fingerprint density at radius 2 is 2.25 bits per heavy atom. The van der Waals surface area contributed by atoms with Gasteiger partial charge in [-0.2, -0.15) is 0 Å². The van der Waals surface area contributed by atoms with E-state index in [1.165, 1.54) is 0 Å². The summed E-state index contributed by atoms with van der Waals surface area (Å²) >= 11 is 11.9. The average molecular weight is 319 g/mol. The molecule has 0 bridgehead atoms. The lowest BCUT2D eigenvalue weighted by Crippen LogP contribution is -2.33. The molecule has 1 heterocycles. The molecule has 2 N–H and O–H groups in total. The average Bonchev–Trinajstić information content (AvgIpc) is 2.86. The Morgan fingerprint density at radius 1 is 1.45 bits per heavy atom. The summed E-state index contributed by atoms with van der Waals surface area (Å²) in [7, 11) is 1.72. The Hall–Kier alpha value is -0.520. The van der Waals surface area contributed by atoms with Crippen molar-refractivity contribution in [2.24, 2.45) is 0 Å². The van der Waals surface area contributed by atoms with Crippen LogP contribution in [0.5, 0.6) is 5.75 Å². The van der Waals surface area contributed by atoms with Crippen molar-refractivity contribution in [1.29, 1.82) is 0 Å². The second-order valence-corrected chi connectivity index (χ2v) is 5.90. The van der Waals surface area contributed by atoms with Gasteiger partial charge in [0.2, 0.25) is 0 Å². The minimum absolute atomic E-state index is 0.109. The Balaban J connectivity index is 1.84. The number of methoxy groups -OCH3 is 1. The predicted octanol–water partition coefficient (Wildman–Crippen LogP) is 2.51. The summed E-state index contributed by atoms with van der Waals surface area (Å²) in [6, 6.07) is 3.71. The number of ether oxygens (including phenoxy) is 1. The molecule has 1 fully saturated rings. The zero-order valence-corrected chi connectivity index (χ0v) is 13.0. The van der Waals surface area contributed by atoms with Gasteiger partial charge < -0.3 is 15.2 Å². The number of halogens is 2. The van der Waals surface area contributed by atoms with E-state index in [0.717, 1.165) is 38.2 Å². The number of phenols is 1. The molecule has 6 heteroatoms. The lowest BCUT2D eigenvalue weighted by atomic mass is 10.1. The van der Waals surface area contributed by atoms with Crippen molar-refractivity contribution in [2.45, 2.75) is 19.0 Å². The summed E-state index contributed by atoms with van der Waals surface area (Å²) in [5, 5.41) is 14.2. The van der Waals surface area contributed by atoms with Crippen LogP contribution >= 0.6 is 23.2 Å². The molecule has 112 valence electrons. The molecule has 1 aromatic rings. The number of nitrogens with zero attached hydrogens (tertiary/aromatic N) is 1. The highest BCUT2D eigenvalue weighted by Gasteiger charge is 2.21. The van der Waals surface area contributed by atoms with Gasteiger partial charge in [0.05, 0.1) is 11.6 Å². The third-order valence-electron chi connectivity index (χ3n) is 3.57. The van der Waals surface area contributed by atoms with E-state index in [9.17, 15) is 5.11 Å². The molecule has 0 saturated carbocycles. The molecule has 1 atom stereocenters. The minimum Gasteiger partial charge on any atom is -0.506 e. The van der Waals surface area contributed by atoms with Gasteiger partial charge in [-0.05, 0) is 25.1 Å². The number of benzene rings is 1. The van der Waals surface area contributed by atoms with Crippen LogP contribution in [-0.2, 0) is 11.3 Å². The summed E-state index contributed by atoms with van der Waals surface area (Å²) < 4.78 is 5.09. The molecule has 2 rings (SSSR count). The molecule has 0 aromatic heterocycles. The fraction of sp³-hybridized carbons (Fsp3) is 0.571. The molecule has 0 aliphatic carbocycles. The van der Waals surface area contributed by atoms with E-state index in [1.54, 1.807) is 19.2 Å². The van der Waals surface area contributed by atoms with Gasteiger partial charge in [-0.25, -0.2) is 0 Å². The topological polar surface area (TPSA) is 44.7 Å². The molecule has 20 heavy (non-hydrogen) atoms. The van der Waals surface area contributed by atoms with Gasteiger partial charge in [0.1, 0.15) is 5.75 Å². The van der Waals surface area contributed by atoms with Gasteiger partial charge in [-0.1, -0.05) is 23.2 Å². The van der Waals surface area contributed by atoms with Crippen molar-refractivity contribution < 1.29 is 9.84 Å². The number of nitrogens with one attached hydrogen (secondary N) is 1. The number of likely N-dealkylation sites (tertiary alicyclic amines) is 1. The Morgan fingerprint density at radius 3 is 3.00 bits per heavy atom. The fourth-order valence-corrected chi connectivity index (χ4v) is 2.97. The van der Waals surface area contributed by atoms with Gasteiger partial charge in [-0.15, -0.1) is 0 Å². The number of hydrogen-bond donors (Lipinski definition) is 2. The van der Waals surface area contributed by atoms with E-state index in [2.05, 4.69) is 10.2 Å². The van der Waals surface area contributed by atoms with Crippen LogP contribution < -0.4 is 5.32 Å². The van der Waals surface area contributed by atoms with Gasteiger partial charge in [0.25, 0.3) is 0 Å². The van der Waals surface area contributed by atoms with Crippen LogP contribution in [0.15, 0.2) is 12.1 Å². The van der Waals surface area contributed by atoms with Gasteiger partial charge in [-0.3, -0.25) is 4.90 Å². The first-order chi connectivity index (χ1) is 9.60. The lowest BCUT2D eigenvalue weighted by Gasteiger charge is -2.16. The molecule has 1 aliphatic heterocycles. The Kier molecular flexibility index (Phi) is 5.93. The Labute approximate surface area is 129 Å². The van der Waals surface area contributed by atoms with E-state index in [4.69, 9.17) is 27.9 Å². The summed E-state index contributed by atoms with van der Waals surface area (Å²) in [5.74, 6) is 0.109. The first-order valence-electron chi connectivity index (χ1n) is 6.71. The van der Waals surface area contributed by atoms with Gasteiger partial charge >= 0.3 is 0 Å². The quantitative estimate of drug-likeness (QED) is 0.846. The van der Waals surface area contributed by atoms with Crippen LogP contribution in [0.1, 0.15) is 12.0 Å². The Bertz CT molecular complexity index is 457. The first-order valence-corrected chi connectivity index (χ1v) is 7.47. The van der Waals surface area contributed by atoms with Crippen molar-refractivity contribution in [3.05, 3.63) is 27.7 Å². The fourth-order valence-electron chi connectivity index (χ4n) is 2.43. The van der Waals surface area contributed by atoms with Crippen LogP contribution in [-0.4, -0.2) is 49.4 Å². The molecule has 0 spiro atoms. The van der Waals surface area contributed by atoms with E-state index < -0.39 is 0 Å². The zero-order valence-electron chi connectivity index (χ0n) is 11.5. The van der Waals surface area contributed by atoms with Crippen molar-refractivity contribution >= 4 is 23.2 Å². The largest absolute Gasteiger partial charge is 0.506 e. The van der Waals surface area contributed by atoms with Gasteiger partial charge in [0.15, 0.2) is 0 Å². The maximum absolute atomic E-state index is 9.91. The van der Waals surface area contributed by atoms with Crippen LogP contribution in [0, 0.1) is 0 Å². The second kappa shape index (κ2) is 7.48. The van der Waals surface area contributed by atoms with E-state index in [-0.39, 0.29) is 5.75 Å². The maximum Gasteiger partial charge on any atom is 0.138 e. The number of aromatic hydroxyl groups is 1. The molecule has 1 aromatic carbocycles. The smallest absolute Gasteiger partial charge is 0.138 e. The molecule has 4 nitrogen and oxygen atoms in total. The maximum atomic E-state index is 9.91. The third-order valence-corrected chi connectivity index (χ3v) is 4.08. The summed E-state index contributed by atoms with van der Waals surface area (Å²) in [5.41, 5.74) is 0.734. The van der Waals surface area contributed by atoms with E-state index in [0.29, 0.717) is 22.6 Å². The zero-order chi connectivity index (χ0) is 14.5. The highest BCUT2D eigenvalue weighted by Crippen LogP contribution is 2.31. The van der Waals surface area contributed by atoms with Gasteiger partial charge in [0, 0.05) is 43.4 Å². The number of hydrogen-bond acceptors (Lipinski definition) is 4. The first kappa shape index (κ1) is 15.9. The number of rotatable bonds is 6. The normalized spacial score (nSPS) is 19.6. The van der Waals surface area contributed by atoms with Crippen molar-refractivity contribution in [2.75, 3.05) is 33.4 Å². The monoisotopic (exact) mass is 318 g/mol. The SMILES string of the molecule is COCCN1CC[C@@H](NCc2cc(Cl)cc(Cl)c2O)C1. The molecular formula is C14H20Cl2N2O2. The van der Waals surface area contributed by atoms with Crippen LogP contribution in [0.4, 0.5) is 0 Å². The van der Waals surface area contributed by atoms with Crippen molar-refractivity contribution in [3.8, 4) is 5.75 Å². The standard InChI is InChI=1S/C14H20Cl2N2O2/c1-20-5-4-18-3-2-12(9-18)17-8-10-6-11(15)7-13(16)14(10)19/h6-7,12,17,19H,2-5,8-9H2,1H3/t12-/m1/s1. The summed E-state index contributed by atoms with van der Waals surface area (Å²) in [4.78, 5) is 2.37. The minimum atomic E-state index is 0.109. The molecule has 1 aliphatic rings. The van der Waals surface area contributed by atoms with E-state index in [1.807, 2.05) is 0 Å². The van der Waals surface area contributed by atoms with Crippen LogP contribution in [0.25, 0.3) is 0 Å². The molecule has 0 radical (unpaired) electrons. The second-order valence-electron chi connectivity index (χ2n) is 5.06. The lowest BCUT2D eigenvalue weighted by molar-refractivity contribution is 0.159. The third kappa shape index (κ3) is 4.24. The molecule has 1 saturated heterocycles. The van der Waals surface area contributed by atoms with Crippen LogP contribution in [0.2, 0.25) is 10.0 Å². The highest BCUT2D eigenvalue weighted by atomic mass is 35.5. The van der Waals surface area contributed by atoms with Crippen LogP contribution in [0.3, 0.4) is 0 Å². The van der Waals surface area contributed by atoms with E-state index >= 15 is 0 Å². The predicted molar refractivity (Wildman–Crippen MR) is 81.7 cm³/mol. The molecule has 0 unspecified atom stereocenters. The molecular weight excluding hydrogens is 299 g/mol. The highest BCUT2D eigenvalue weighted by molar-refractivity contribution is 6.35. The summed E-state index contributed by atoms with van der Waals surface area (Å²) in [6.45, 7) is 4.36. The summed E-state index contributed by atoms with van der Waals surface area (Å²) in [6.07, 6.45) is 1.10. The molecule has 0 amide bonds. The number of phenolic OH excluding ortho intramolecular Hbond substituents is 1. The van der Waals surface area contributed by atoms with Crippen molar-refractivity contribution in [3.63, 3.8) is 0 Å².